The van der Waals surface area contributed by atoms with Crippen LogP contribution in [0.3, 0.4) is 0 Å². The van der Waals surface area contributed by atoms with Gasteiger partial charge in [0.1, 0.15) is 39.9 Å². The standard InChI is InChI=1S/C44H62N8O8S2/c1-27(2)52-34-22-16-20-31(38-45-33(26-61-38)28-17-12-11-13-18-28)36(34)47-41(52)59-30-23-35-37(53)48-44(40(55)49-62(57,58)50(6)7)24-29(44)19-14-9-8-10-15-21-32(39(54)51(35)25-30)46-42(56)60-43(3,4)5/h14,16,19-20,22,26-30,32,35H,8-13,15,17-18,21,23-25H2,1-7H3,(H,46,56)(H,48,53)(H,49,55)/b19-14-/t29-,30-,32+,35+,44-/m1/s1. The summed E-state index contributed by atoms with van der Waals surface area (Å²) in [4.78, 5) is 67.9. The number of imidazole rings is 1. The minimum Gasteiger partial charge on any atom is -0.459 e. The van der Waals surface area contributed by atoms with Crippen molar-refractivity contribution in [3.05, 3.63) is 41.4 Å². The van der Waals surface area contributed by atoms with E-state index in [4.69, 9.17) is 19.4 Å². The molecule has 2 aromatic heterocycles. The van der Waals surface area contributed by atoms with Crippen LogP contribution in [0.1, 0.15) is 129 Å². The van der Waals surface area contributed by atoms with E-state index >= 15 is 0 Å². The first-order valence-corrected chi connectivity index (χ1v) is 24.4. The second-order valence-corrected chi connectivity index (χ2v) is 21.4. The predicted octanol–water partition coefficient (Wildman–Crippen LogP) is 6.35. The van der Waals surface area contributed by atoms with Gasteiger partial charge in [0.15, 0.2) is 0 Å². The van der Waals surface area contributed by atoms with Gasteiger partial charge in [-0.05, 0) is 85.3 Å². The fourth-order valence-corrected chi connectivity index (χ4v) is 10.4. The van der Waals surface area contributed by atoms with Gasteiger partial charge in [0.2, 0.25) is 11.8 Å². The second kappa shape index (κ2) is 18.3. The highest BCUT2D eigenvalue weighted by Gasteiger charge is 2.62. The Morgan fingerprint density at radius 2 is 1.76 bits per heavy atom. The van der Waals surface area contributed by atoms with Crippen LogP contribution in [0.5, 0.6) is 6.01 Å². The van der Waals surface area contributed by atoms with Gasteiger partial charge in [0.05, 0.1) is 17.8 Å². The Labute approximate surface area is 368 Å². The molecule has 5 atom stereocenters. The zero-order chi connectivity index (χ0) is 44.6. The lowest BCUT2D eigenvalue weighted by molar-refractivity contribution is -0.141. The van der Waals surface area contributed by atoms with E-state index in [0.717, 1.165) is 57.3 Å². The summed E-state index contributed by atoms with van der Waals surface area (Å²) in [5.74, 6) is -2.00. The Bertz CT molecular complexity index is 2290. The Morgan fingerprint density at radius 3 is 2.47 bits per heavy atom. The van der Waals surface area contributed by atoms with E-state index in [1.54, 1.807) is 32.1 Å². The lowest BCUT2D eigenvalue weighted by atomic mass is 9.87. The predicted molar refractivity (Wildman–Crippen MR) is 237 cm³/mol. The Hall–Kier alpha value is -4.55. The summed E-state index contributed by atoms with van der Waals surface area (Å²) in [7, 11) is -1.57. The number of allylic oxidation sites excluding steroid dienone is 1. The third-order valence-corrected chi connectivity index (χ3v) is 14.6. The number of alkyl carbamates (subject to hydrolysis) is 1. The van der Waals surface area contributed by atoms with Crippen molar-refractivity contribution >= 4 is 56.4 Å². The zero-order valence-electron chi connectivity index (χ0n) is 36.9. The summed E-state index contributed by atoms with van der Waals surface area (Å²) in [5, 5.41) is 8.73. The monoisotopic (exact) mass is 894 g/mol. The highest BCUT2D eigenvalue weighted by atomic mass is 32.2. The van der Waals surface area contributed by atoms with Crippen molar-refractivity contribution in [2.24, 2.45) is 5.92 Å². The molecule has 0 bridgehead atoms. The summed E-state index contributed by atoms with van der Waals surface area (Å²) in [6.45, 7) is 9.26. The maximum atomic E-state index is 14.7. The highest BCUT2D eigenvalue weighted by Crippen LogP contribution is 2.46. The number of aromatic nitrogens is 3. The zero-order valence-corrected chi connectivity index (χ0v) is 38.6. The number of hydrogen-bond acceptors (Lipinski definition) is 11. The molecule has 0 spiro atoms. The van der Waals surface area contributed by atoms with Gasteiger partial charge in [-0.25, -0.2) is 14.5 Å². The third-order valence-electron chi connectivity index (χ3n) is 12.3. The van der Waals surface area contributed by atoms with Crippen LogP contribution in [0, 0.1) is 5.92 Å². The number of nitrogens with one attached hydrogen (secondary N) is 3. The quantitative estimate of drug-likeness (QED) is 0.204. The van der Waals surface area contributed by atoms with E-state index in [0.29, 0.717) is 31.2 Å². The molecule has 2 saturated carbocycles. The van der Waals surface area contributed by atoms with Crippen molar-refractivity contribution in [2.45, 2.75) is 153 Å². The molecule has 4 aliphatic rings. The summed E-state index contributed by atoms with van der Waals surface area (Å²) < 4.78 is 43.0. The fourth-order valence-electron chi connectivity index (χ4n) is 8.91. The summed E-state index contributed by atoms with van der Waals surface area (Å²) >= 11 is 1.62. The molecule has 3 N–H and O–H groups in total. The maximum Gasteiger partial charge on any atom is 0.408 e. The van der Waals surface area contributed by atoms with E-state index in [2.05, 4.69) is 20.7 Å². The number of nitrogens with zero attached hydrogens (tertiary/aromatic N) is 5. The van der Waals surface area contributed by atoms with Gasteiger partial charge in [-0.15, -0.1) is 11.3 Å². The van der Waals surface area contributed by atoms with Crippen molar-refractivity contribution < 1.29 is 37.1 Å². The molecule has 62 heavy (non-hydrogen) atoms. The Morgan fingerprint density at radius 1 is 1.03 bits per heavy atom. The topological polar surface area (TPSA) is 194 Å². The molecule has 0 unspecified atom stereocenters. The lowest BCUT2D eigenvalue weighted by Gasteiger charge is -2.30. The van der Waals surface area contributed by atoms with E-state index in [9.17, 15) is 27.6 Å². The first-order valence-electron chi connectivity index (χ1n) is 22.0. The molecule has 3 aromatic rings. The lowest BCUT2D eigenvalue weighted by Crippen LogP contribution is -2.58. The number of benzene rings is 1. The molecule has 1 saturated heterocycles. The van der Waals surface area contributed by atoms with Gasteiger partial charge in [-0.3, -0.25) is 19.0 Å². The van der Waals surface area contributed by atoms with Crippen LogP contribution in [0.2, 0.25) is 0 Å². The van der Waals surface area contributed by atoms with Gasteiger partial charge in [-0.1, -0.05) is 50.3 Å². The number of thiazole rings is 1. The van der Waals surface area contributed by atoms with Crippen LogP contribution in [0.25, 0.3) is 21.6 Å². The average Bonchev–Trinajstić information content (AvgIpc) is 3.56. The van der Waals surface area contributed by atoms with E-state index in [1.165, 1.54) is 38.3 Å². The van der Waals surface area contributed by atoms with Gasteiger partial charge in [0, 0.05) is 49.3 Å². The molecule has 2 aliphatic heterocycles. The number of amides is 4. The van der Waals surface area contributed by atoms with Crippen molar-refractivity contribution in [1.29, 1.82) is 0 Å². The minimum absolute atomic E-state index is 0.0215. The van der Waals surface area contributed by atoms with Crippen LogP contribution >= 0.6 is 11.3 Å². The fraction of sp³-hybridized carbons (Fsp3) is 0.636. The minimum atomic E-state index is -4.18. The molecule has 4 heterocycles. The van der Waals surface area contributed by atoms with Crippen LogP contribution in [0.15, 0.2) is 35.7 Å². The molecule has 3 fully saturated rings. The molecule has 2 aliphatic carbocycles. The smallest absolute Gasteiger partial charge is 0.408 e. The number of para-hydroxylation sites is 1. The van der Waals surface area contributed by atoms with Crippen molar-refractivity contribution in [2.75, 3.05) is 20.6 Å². The number of hydrogen-bond donors (Lipinski definition) is 3. The summed E-state index contributed by atoms with van der Waals surface area (Å²) in [6.07, 6.45) is 11.7. The molecule has 0 radical (unpaired) electrons. The largest absolute Gasteiger partial charge is 0.459 e. The van der Waals surface area contributed by atoms with Crippen LogP contribution in [-0.2, 0) is 29.3 Å². The summed E-state index contributed by atoms with van der Waals surface area (Å²) in [6, 6.07) is 4.11. The molecule has 7 rings (SSSR count). The molecule has 1 aromatic carbocycles. The Balaban J connectivity index is 1.22. The molecule has 18 heteroatoms. The summed E-state index contributed by atoms with van der Waals surface area (Å²) in [5.41, 5.74) is 1.24. The number of ether oxygens (including phenoxy) is 2. The molecule has 16 nitrogen and oxygen atoms in total. The number of carbonyl (C=O) groups excluding carboxylic acids is 4. The van der Waals surface area contributed by atoms with Crippen molar-refractivity contribution in [3.63, 3.8) is 0 Å². The first kappa shape index (κ1) is 45.5. The second-order valence-electron chi connectivity index (χ2n) is 18.7. The van der Waals surface area contributed by atoms with E-state index in [-0.39, 0.29) is 25.4 Å². The number of fused-ring (bicyclic) bond motifs is 3. The third kappa shape index (κ3) is 9.96. The Kier molecular flexibility index (Phi) is 13.4. The van der Waals surface area contributed by atoms with Crippen LogP contribution < -0.4 is 20.1 Å². The van der Waals surface area contributed by atoms with Crippen molar-refractivity contribution in [3.8, 4) is 16.6 Å². The van der Waals surface area contributed by atoms with Gasteiger partial charge >= 0.3 is 16.3 Å². The SMILES string of the molecule is CC(C)n1c(O[C@@H]2C[C@H]3C(=O)N[C@]4(C(=O)NS(=O)(=O)N(C)C)C[C@H]4/C=C\CCCCC[C@H](NC(=O)OC(C)(C)C)C(=O)N3C2)nc2c(-c3nc(C4CCCCC4)cs3)cccc21. The van der Waals surface area contributed by atoms with Gasteiger partial charge < -0.3 is 25.0 Å². The number of carbonyl (C=O) groups is 4. The van der Waals surface area contributed by atoms with E-state index < -0.39 is 69.3 Å². The normalized spacial score (nSPS) is 26.0. The molecular formula is C44H62N8O8S2. The van der Waals surface area contributed by atoms with Crippen molar-refractivity contribution in [1.82, 2.24) is 39.1 Å². The average molecular weight is 895 g/mol. The van der Waals surface area contributed by atoms with Crippen LogP contribution in [-0.4, -0.2) is 106 Å². The first-order chi connectivity index (χ1) is 29.4. The highest BCUT2D eigenvalue weighted by molar-refractivity contribution is 7.87. The molecule has 338 valence electrons. The van der Waals surface area contributed by atoms with Gasteiger partial charge in [-0.2, -0.15) is 17.7 Å². The van der Waals surface area contributed by atoms with Crippen LogP contribution in [0.4, 0.5) is 4.79 Å². The van der Waals surface area contributed by atoms with Gasteiger partial charge in [0.25, 0.3) is 11.9 Å². The maximum absolute atomic E-state index is 14.7. The molecular weight excluding hydrogens is 833 g/mol. The molecule has 4 amide bonds. The van der Waals surface area contributed by atoms with E-state index in [1.807, 2.05) is 48.8 Å². The number of rotatable bonds is 9.